The number of imide groups is 1. The van der Waals surface area contributed by atoms with Gasteiger partial charge in [0.1, 0.15) is 12.4 Å². The molecular weight excluding hydrogens is 404 g/mol. The van der Waals surface area contributed by atoms with Crippen LogP contribution in [0.1, 0.15) is 16.8 Å². The maximum Gasteiger partial charge on any atom is 0.259 e. The molecule has 0 N–H and O–H groups in total. The lowest BCUT2D eigenvalue weighted by Crippen LogP contribution is -2.45. The molecule has 0 radical (unpaired) electrons. The number of nitrogens with zero attached hydrogens (tertiary/aromatic N) is 2. The first-order chi connectivity index (χ1) is 15.6. The van der Waals surface area contributed by atoms with Gasteiger partial charge in [-0.25, -0.2) is 0 Å². The summed E-state index contributed by atoms with van der Waals surface area (Å²) in [6.07, 6.45) is 5.43. The van der Waals surface area contributed by atoms with Crippen molar-refractivity contribution in [3.63, 3.8) is 0 Å². The average Bonchev–Trinajstić information content (AvgIpc) is 3.62. The highest BCUT2D eigenvalue weighted by Gasteiger charge is 2.67. The fourth-order valence-electron chi connectivity index (χ4n) is 6.14. The van der Waals surface area contributed by atoms with Gasteiger partial charge in [0, 0.05) is 5.56 Å². The summed E-state index contributed by atoms with van der Waals surface area (Å²) in [5.74, 6) is 0.752. The van der Waals surface area contributed by atoms with E-state index in [0.29, 0.717) is 28.8 Å². The molecule has 2 aromatic carbocycles. The summed E-state index contributed by atoms with van der Waals surface area (Å²) < 4.78 is 5.50. The second-order valence-corrected chi connectivity index (χ2v) is 9.17. The fraction of sp³-hybridized carbons (Fsp3) is 0.346. The molecular formula is C26H24N2O4. The van der Waals surface area contributed by atoms with Crippen LogP contribution in [0.4, 0.5) is 5.69 Å². The van der Waals surface area contributed by atoms with Crippen LogP contribution in [0, 0.1) is 35.5 Å². The molecule has 2 aromatic rings. The van der Waals surface area contributed by atoms with E-state index in [9.17, 15) is 14.4 Å². The van der Waals surface area contributed by atoms with Crippen LogP contribution in [0.3, 0.4) is 0 Å². The van der Waals surface area contributed by atoms with Crippen LogP contribution in [0.25, 0.3) is 0 Å². The van der Waals surface area contributed by atoms with Crippen molar-refractivity contribution in [2.45, 2.75) is 6.42 Å². The molecule has 1 aliphatic heterocycles. The average molecular weight is 428 g/mol. The van der Waals surface area contributed by atoms with Gasteiger partial charge in [-0.15, -0.1) is 0 Å². The highest BCUT2D eigenvalue weighted by Crippen LogP contribution is 2.65. The minimum absolute atomic E-state index is 0.118. The maximum absolute atomic E-state index is 13.5. The van der Waals surface area contributed by atoms with Crippen LogP contribution in [0.2, 0.25) is 0 Å². The van der Waals surface area contributed by atoms with Crippen LogP contribution in [0.5, 0.6) is 5.75 Å². The summed E-state index contributed by atoms with van der Waals surface area (Å²) in [7, 11) is 1.54. The Morgan fingerprint density at radius 2 is 1.53 bits per heavy atom. The van der Waals surface area contributed by atoms with Gasteiger partial charge in [-0.1, -0.05) is 42.5 Å². The maximum atomic E-state index is 13.5. The topological polar surface area (TPSA) is 66.9 Å². The number of methoxy groups -OCH3 is 1. The van der Waals surface area contributed by atoms with Gasteiger partial charge in [0.25, 0.3) is 5.91 Å². The van der Waals surface area contributed by atoms with Crippen molar-refractivity contribution in [3.8, 4) is 5.75 Å². The molecule has 2 bridgehead atoms. The quantitative estimate of drug-likeness (QED) is 0.541. The highest BCUT2D eigenvalue weighted by atomic mass is 16.5. The van der Waals surface area contributed by atoms with Gasteiger partial charge in [-0.3, -0.25) is 24.2 Å². The third-order valence-electron chi connectivity index (χ3n) is 7.68. The molecule has 32 heavy (non-hydrogen) atoms. The Kier molecular flexibility index (Phi) is 4.25. The van der Waals surface area contributed by atoms with E-state index in [2.05, 4.69) is 12.2 Å². The Morgan fingerprint density at radius 3 is 2.16 bits per heavy atom. The molecule has 5 aliphatic rings. The summed E-state index contributed by atoms with van der Waals surface area (Å²) >= 11 is 0. The van der Waals surface area contributed by atoms with Crippen molar-refractivity contribution in [2.75, 3.05) is 18.7 Å². The van der Waals surface area contributed by atoms with Crippen molar-refractivity contribution in [2.24, 2.45) is 35.5 Å². The van der Waals surface area contributed by atoms with E-state index in [1.165, 1.54) is 9.80 Å². The van der Waals surface area contributed by atoms with E-state index < -0.39 is 0 Å². The SMILES string of the molecule is COc1ccccc1N(CN1C(=O)C2C3C=CC(C4CC34)C2C1=O)C(=O)c1ccccc1. The molecule has 7 rings (SSSR count). The van der Waals surface area contributed by atoms with Crippen LogP contribution in [-0.2, 0) is 9.59 Å². The highest BCUT2D eigenvalue weighted by molar-refractivity contribution is 6.10. The van der Waals surface area contributed by atoms with E-state index in [0.717, 1.165) is 6.42 Å². The van der Waals surface area contributed by atoms with Gasteiger partial charge in [0.15, 0.2) is 0 Å². The number of rotatable bonds is 5. The van der Waals surface area contributed by atoms with Crippen molar-refractivity contribution in [1.29, 1.82) is 0 Å². The predicted molar refractivity (Wildman–Crippen MR) is 118 cm³/mol. The first-order valence-corrected chi connectivity index (χ1v) is 11.1. The summed E-state index contributed by atoms with van der Waals surface area (Å²) in [6.45, 7) is -0.118. The third kappa shape index (κ3) is 2.68. The standard InChI is InChI=1S/C26H24N2O4/c1-32-21-10-6-5-9-20(21)27(24(29)15-7-3-2-4-8-15)14-28-25(30)22-16-11-12-17(19-13-18(16)19)23(22)26(28)31/h2-12,16-19,22-23H,13-14H2,1H3. The second kappa shape index (κ2) is 7.05. The van der Waals surface area contributed by atoms with Crippen molar-refractivity contribution < 1.29 is 19.1 Å². The number of allylic oxidation sites excluding steroid dienone is 2. The number of para-hydroxylation sites is 2. The largest absolute Gasteiger partial charge is 0.495 e. The molecule has 6 atom stereocenters. The molecule has 6 heteroatoms. The zero-order valence-corrected chi connectivity index (χ0v) is 17.8. The van der Waals surface area contributed by atoms with E-state index >= 15 is 0 Å². The number of ether oxygens (including phenoxy) is 1. The Balaban J connectivity index is 1.36. The Morgan fingerprint density at radius 1 is 0.938 bits per heavy atom. The number of carbonyl (C=O) groups excluding carboxylic acids is 3. The number of anilines is 1. The molecule has 6 nitrogen and oxygen atoms in total. The number of amides is 3. The second-order valence-electron chi connectivity index (χ2n) is 9.17. The first kappa shape index (κ1) is 19.3. The number of hydrogen-bond donors (Lipinski definition) is 0. The summed E-state index contributed by atoms with van der Waals surface area (Å²) in [4.78, 5) is 43.3. The number of hydrogen-bond acceptors (Lipinski definition) is 4. The normalized spacial score (nSPS) is 31.3. The van der Waals surface area contributed by atoms with Crippen molar-refractivity contribution >= 4 is 23.4 Å². The van der Waals surface area contributed by atoms with E-state index in [1.54, 1.807) is 43.5 Å². The molecule has 1 saturated heterocycles. The molecule has 2 saturated carbocycles. The Hall–Kier alpha value is -3.41. The Bertz CT molecular complexity index is 1110. The van der Waals surface area contributed by atoms with Crippen molar-refractivity contribution in [3.05, 3.63) is 72.3 Å². The lowest BCUT2D eigenvalue weighted by Gasteiger charge is -2.37. The molecule has 0 spiro atoms. The van der Waals surface area contributed by atoms with Gasteiger partial charge in [-0.2, -0.15) is 0 Å². The van der Waals surface area contributed by atoms with Gasteiger partial charge in [0.05, 0.1) is 24.6 Å². The van der Waals surface area contributed by atoms with E-state index in [4.69, 9.17) is 4.74 Å². The fourth-order valence-corrected chi connectivity index (χ4v) is 6.14. The molecule has 162 valence electrons. The molecule has 6 unspecified atom stereocenters. The summed E-state index contributed by atoms with van der Waals surface area (Å²) in [5.41, 5.74) is 1.01. The summed E-state index contributed by atoms with van der Waals surface area (Å²) in [6, 6.07) is 16.1. The molecule has 3 amide bonds. The molecule has 4 aliphatic carbocycles. The predicted octanol–water partition coefficient (Wildman–Crippen LogP) is 3.35. The van der Waals surface area contributed by atoms with Gasteiger partial charge in [0.2, 0.25) is 11.8 Å². The first-order valence-electron chi connectivity index (χ1n) is 11.1. The van der Waals surface area contributed by atoms with Crippen molar-refractivity contribution in [1.82, 2.24) is 4.90 Å². The number of carbonyl (C=O) groups is 3. The summed E-state index contributed by atoms with van der Waals surface area (Å²) in [5, 5.41) is 0. The minimum Gasteiger partial charge on any atom is -0.495 e. The minimum atomic E-state index is -0.285. The van der Waals surface area contributed by atoms with Gasteiger partial charge >= 0.3 is 0 Å². The molecule has 0 aromatic heterocycles. The van der Waals surface area contributed by atoms with Crippen LogP contribution in [0.15, 0.2) is 66.7 Å². The van der Waals surface area contributed by atoms with E-state index in [-0.39, 0.29) is 48.1 Å². The molecule has 3 fully saturated rings. The van der Waals surface area contributed by atoms with Gasteiger partial charge in [-0.05, 0) is 54.4 Å². The lowest BCUT2D eigenvalue weighted by molar-refractivity contribution is -0.140. The molecule has 1 heterocycles. The van der Waals surface area contributed by atoms with E-state index in [1.807, 2.05) is 18.2 Å². The van der Waals surface area contributed by atoms with Crippen LogP contribution >= 0.6 is 0 Å². The third-order valence-corrected chi connectivity index (χ3v) is 7.68. The monoisotopic (exact) mass is 428 g/mol. The smallest absolute Gasteiger partial charge is 0.259 e. The number of likely N-dealkylation sites (tertiary alicyclic amines) is 1. The van der Waals surface area contributed by atoms with Gasteiger partial charge < -0.3 is 4.74 Å². The number of benzene rings is 2. The zero-order valence-electron chi connectivity index (χ0n) is 17.8. The van der Waals surface area contributed by atoms with Crippen LogP contribution in [-0.4, -0.2) is 36.4 Å². The lowest BCUT2D eigenvalue weighted by atomic mass is 9.63. The van der Waals surface area contributed by atoms with Crippen LogP contribution < -0.4 is 9.64 Å². The Labute approximate surface area is 186 Å². The zero-order chi connectivity index (χ0) is 22.0.